The molecule has 0 heterocycles. The van der Waals surface area contributed by atoms with E-state index in [9.17, 15) is 9.07 Å². The molecule has 0 aliphatic carbocycles. The summed E-state index contributed by atoms with van der Waals surface area (Å²) in [5.41, 5.74) is 0. The van der Waals surface area contributed by atoms with Gasteiger partial charge in [0.1, 0.15) is 0 Å². The van der Waals surface area contributed by atoms with Gasteiger partial charge in [-0.05, 0) is 0 Å². The monoisotopic (exact) mass is 99.0 g/mol. The van der Waals surface area contributed by atoms with Crippen molar-refractivity contribution in [3.63, 3.8) is 0 Å². The van der Waals surface area contributed by atoms with Crippen LogP contribution in [0.1, 0.15) is 0 Å². The molecule has 0 rings (SSSR count). The molecular weight excluding hydrogens is 99.0 g/mol. The second kappa shape index (κ2) is 1.45. The number of hydrogen-bond acceptors (Lipinski definition) is 0. The summed E-state index contributed by atoms with van der Waals surface area (Å²) < 4.78 is 39.6. The minimum absolute atomic E-state index is 7.28. The number of rotatable bonds is 0. The first-order valence-corrected chi connectivity index (χ1v) is 4.54. The molecule has 0 N–H and O–H groups in total. The third kappa shape index (κ3) is 67.4. The van der Waals surface area contributed by atoms with E-state index >= 15 is 0 Å². The predicted molar refractivity (Wildman–Crippen MR) is 10.2 cm³/mol. The molecule has 0 aromatic rings. The van der Waals surface area contributed by atoms with Crippen LogP contribution >= 0.6 is 0 Å². The Balaban J connectivity index is 3.02. The van der Waals surface area contributed by atoms with Crippen molar-refractivity contribution < 1.29 is 9.07 Å². The summed E-state index contributed by atoms with van der Waals surface area (Å²) in [4.78, 5) is 0. The van der Waals surface area contributed by atoms with Gasteiger partial charge in [-0.25, -0.2) is 0 Å². The Morgan fingerprint density at radius 2 is 0.800 bits per heavy atom. The third-order valence-electron chi connectivity index (χ3n) is 0. The second-order valence-corrected chi connectivity index (χ2v) is 2.57. The average Bonchev–Trinajstić information content (AvgIpc) is 0.722. The summed E-state index contributed by atoms with van der Waals surface area (Å²) in [6, 6.07) is 0. The van der Waals surface area contributed by atoms with Crippen molar-refractivity contribution in [3.05, 3.63) is 0 Å². The molecule has 0 nitrogen and oxygen atoms in total. The van der Waals surface area contributed by atoms with E-state index in [-0.39, 0.29) is 0 Å². The van der Waals surface area contributed by atoms with E-state index < -0.39 is 25.7 Å². The molecule has 0 aliphatic heterocycles. The van der Waals surface area contributed by atoms with Crippen molar-refractivity contribution in [3.8, 4) is 0 Å². The Kier molecular flexibility index (Phi) is 1.65. The zero-order valence-corrected chi connectivity index (χ0v) is 4.51. The van der Waals surface area contributed by atoms with Gasteiger partial charge >= 0.3 is 34.8 Å². The van der Waals surface area contributed by atoms with Crippen LogP contribution in [0.5, 0.6) is 0 Å². The van der Waals surface area contributed by atoms with Gasteiger partial charge in [0.2, 0.25) is 0 Å². The molecule has 0 aromatic heterocycles. The van der Waals surface area contributed by atoms with Crippen LogP contribution in [-0.2, 0) is 0 Å². The molecule has 5 heavy (non-hydrogen) atoms. The summed E-state index contributed by atoms with van der Waals surface area (Å²) >= 11 is -7.28. The molecule has 0 saturated heterocycles. The van der Waals surface area contributed by atoms with Crippen molar-refractivity contribution in [2.45, 2.75) is 0 Å². The maximum atomic E-state index is 9.91. The van der Waals surface area contributed by atoms with Crippen LogP contribution in [-0.4, -0.2) is 25.7 Å². The first kappa shape index (κ1) is 5.72. The van der Waals surface area contributed by atoms with E-state index in [1.165, 1.54) is 0 Å². The van der Waals surface area contributed by atoms with Gasteiger partial charge in [-0.1, -0.05) is 0 Å². The quantitative estimate of drug-likeness (QED) is 0.317. The first-order valence-electron chi connectivity index (χ1n) is 1.51. The zero-order chi connectivity index (χ0) is 4.50. The Morgan fingerprint density at radius 3 is 0.800 bits per heavy atom. The number of halogens is 4. The second-order valence-electron chi connectivity index (χ2n) is 0.857. The molecule has 0 amide bonds. The molecule has 0 unspecified atom stereocenters. The third-order valence-corrected chi connectivity index (χ3v) is 0. The van der Waals surface area contributed by atoms with E-state index in [0.717, 1.165) is 0 Å². The summed E-state index contributed by atoms with van der Waals surface area (Å²) in [6.07, 6.45) is 0. The van der Waals surface area contributed by atoms with Gasteiger partial charge in [0.15, 0.2) is 0 Å². The van der Waals surface area contributed by atoms with Gasteiger partial charge in [-0.2, -0.15) is 0 Å². The van der Waals surface area contributed by atoms with Gasteiger partial charge in [-0.3, -0.25) is 0 Å². The summed E-state index contributed by atoms with van der Waals surface area (Å²) in [5.74, 6) is 0. The fourth-order valence-corrected chi connectivity index (χ4v) is 0. The van der Waals surface area contributed by atoms with Crippen molar-refractivity contribution in [1.29, 1.82) is 0 Å². The van der Waals surface area contributed by atoms with Gasteiger partial charge in [-0.15, -0.1) is 0 Å². The molecule has 5 heteroatoms. The van der Waals surface area contributed by atoms with E-state index in [4.69, 9.17) is 0 Å². The van der Waals surface area contributed by atoms with Gasteiger partial charge < -0.3 is 0 Å². The fraction of sp³-hybridized carbons (Fsp3) is 0. The van der Waals surface area contributed by atoms with Gasteiger partial charge in [0.05, 0.1) is 0 Å². The van der Waals surface area contributed by atoms with E-state index in [1.807, 2.05) is 0 Å². The molecule has 0 fully saturated rings. The zero-order valence-electron chi connectivity index (χ0n) is 2.51. The molecule has 29 valence electrons. The number of hydrogen-bond donors (Lipinski definition) is 0. The normalized spacial score (nSPS) is 12.0. The van der Waals surface area contributed by atoms with Crippen LogP contribution < -0.4 is 0 Å². The Morgan fingerprint density at radius 1 is 0.800 bits per heavy atom. The standard InChI is InChI=1S/4FH.Na/h4*1H;/q;;;;+4/p-4. The molecule has 0 spiro atoms. The van der Waals surface area contributed by atoms with E-state index in [2.05, 4.69) is 0 Å². The molecule has 0 bridgehead atoms. The van der Waals surface area contributed by atoms with Crippen LogP contribution in [0, 0.1) is 0 Å². The topological polar surface area (TPSA) is 0 Å². The van der Waals surface area contributed by atoms with Crippen molar-refractivity contribution in [2.24, 2.45) is 0 Å². The predicted octanol–water partition coefficient (Wildman–Crippen LogP) is 1.30. The van der Waals surface area contributed by atoms with Crippen LogP contribution in [0.2, 0.25) is 0 Å². The van der Waals surface area contributed by atoms with Gasteiger partial charge in [0.25, 0.3) is 0 Å². The fourth-order valence-electron chi connectivity index (χ4n) is 0. The summed E-state index contributed by atoms with van der Waals surface area (Å²) in [5, 5.41) is 0. The van der Waals surface area contributed by atoms with Crippen LogP contribution in [0.3, 0.4) is 0 Å². The Labute approximate surface area is 35.1 Å². The Bertz CT molecular complexity index is 19.1. The van der Waals surface area contributed by atoms with Crippen molar-refractivity contribution in [2.75, 3.05) is 0 Å². The molecule has 0 aromatic carbocycles. The van der Waals surface area contributed by atoms with Crippen LogP contribution in [0.25, 0.3) is 0 Å². The Hall–Kier alpha value is 0.720. The molecule has 0 aliphatic rings. The van der Waals surface area contributed by atoms with Crippen molar-refractivity contribution in [1.82, 2.24) is 0 Å². The van der Waals surface area contributed by atoms with Crippen LogP contribution in [0.15, 0.2) is 0 Å². The molecule has 3 radical (unpaired) electrons. The van der Waals surface area contributed by atoms with Crippen molar-refractivity contribution >= 4 is 25.7 Å². The maximum absolute atomic E-state index is 9.91. The molecule has 0 atom stereocenters. The molecular formula is F4Na. The molecule has 0 saturated carbocycles. The van der Waals surface area contributed by atoms with E-state index in [0.29, 0.717) is 0 Å². The minimum atomic E-state index is -7.28. The summed E-state index contributed by atoms with van der Waals surface area (Å²) in [7, 11) is 0. The average molecular weight is 99.0 g/mol. The van der Waals surface area contributed by atoms with Crippen LogP contribution in [0.4, 0.5) is 9.07 Å². The first-order chi connectivity index (χ1) is 2.00. The summed E-state index contributed by atoms with van der Waals surface area (Å²) in [6.45, 7) is 0. The SMILES string of the molecule is [F][Na]([F])([F])[F]. The van der Waals surface area contributed by atoms with Gasteiger partial charge in [0, 0.05) is 0 Å². The van der Waals surface area contributed by atoms with E-state index in [1.54, 1.807) is 0 Å².